The monoisotopic (exact) mass is 2030 g/mol. The van der Waals surface area contributed by atoms with Gasteiger partial charge in [-0.15, -0.1) is 0 Å². The summed E-state index contributed by atoms with van der Waals surface area (Å²) in [6.07, 6.45) is 16.7. The first-order chi connectivity index (χ1) is 66.7. The molecule has 6 heterocycles. The molecule has 0 aliphatic carbocycles. The van der Waals surface area contributed by atoms with Crippen LogP contribution in [0.3, 0.4) is 0 Å². The zero-order valence-corrected chi connectivity index (χ0v) is 90.7. The van der Waals surface area contributed by atoms with Crippen LogP contribution in [0.4, 0.5) is 13.2 Å². The third kappa shape index (κ3) is 38.4. The molecule has 12 aromatic rings. The lowest BCUT2D eigenvalue weighted by atomic mass is 9.85. The Kier molecular flexibility index (Phi) is 44.5. The smallest absolute Gasteiger partial charge is 0.354 e. The fraction of sp³-hybridized carbons (Fsp3) is 0.482. The number of nitrogens with one attached hydrogen (secondary N) is 6. The molecule has 0 aliphatic rings. The van der Waals surface area contributed by atoms with Gasteiger partial charge in [-0.2, -0.15) is 15.0 Å². The van der Waals surface area contributed by atoms with Crippen LogP contribution in [0.5, 0.6) is 0 Å². The van der Waals surface area contributed by atoms with Gasteiger partial charge >= 0.3 is 17.1 Å². The predicted molar refractivity (Wildman–Crippen MR) is 592 cm³/mol. The van der Waals surface area contributed by atoms with E-state index < -0.39 is 0 Å². The van der Waals surface area contributed by atoms with E-state index >= 15 is 0 Å². The Hall–Kier alpha value is -11.2. The number of guanidine groups is 3. The van der Waals surface area contributed by atoms with Gasteiger partial charge in [0.1, 0.15) is 34.4 Å². The molecule has 0 aliphatic heterocycles. The van der Waals surface area contributed by atoms with E-state index in [1.807, 2.05) is 193 Å². The van der Waals surface area contributed by atoms with Crippen molar-refractivity contribution in [1.29, 1.82) is 0 Å². The number of aromatic amines is 3. The molecule has 0 amide bonds. The minimum absolute atomic E-state index is 0.0352. The number of H-pyrrole nitrogens is 3. The number of rotatable bonds is 33. The summed E-state index contributed by atoms with van der Waals surface area (Å²) in [5, 5.41) is 13.7. The van der Waals surface area contributed by atoms with Crippen molar-refractivity contribution in [2.45, 2.75) is 306 Å². The van der Waals surface area contributed by atoms with E-state index in [9.17, 15) is 27.6 Å². The van der Waals surface area contributed by atoms with E-state index in [0.717, 1.165) is 187 Å². The van der Waals surface area contributed by atoms with Crippen molar-refractivity contribution in [1.82, 2.24) is 59.6 Å². The third-order valence-electron chi connectivity index (χ3n) is 23.9. The van der Waals surface area contributed by atoms with Gasteiger partial charge in [-0.1, -0.05) is 214 Å². The van der Waals surface area contributed by atoms with E-state index in [-0.39, 0.29) is 130 Å². The van der Waals surface area contributed by atoms with Crippen LogP contribution in [-0.4, -0.2) is 119 Å². The molecule has 6 aromatic heterocycles. The molecule has 780 valence electrons. The van der Waals surface area contributed by atoms with Crippen molar-refractivity contribution in [2.24, 2.45) is 66.6 Å². The quantitative estimate of drug-likeness (QED) is 0.0103. The Morgan fingerprint density at radius 2 is 0.622 bits per heavy atom. The number of fused-ring (bicyclic) bond motifs is 3. The highest BCUT2D eigenvalue weighted by Crippen LogP contribution is 2.36. The maximum Gasteiger partial charge on any atom is 0.354 e. The molecule has 143 heavy (non-hydrogen) atoms. The zero-order chi connectivity index (χ0) is 107. The molecule has 27 nitrogen and oxygen atoms in total. The lowest BCUT2D eigenvalue weighted by Gasteiger charge is -2.21. The molecular formula is C110H160Cl3F3N24O3. The molecule has 0 spiro atoms. The Balaban J connectivity index is 0.000000237. The van der Waals surface area contributed by atoms with Crippen LogP contribution >= 0.6 is 34.8 Å². The van der Waals surface area contributed by atoms with Gasteiger partial charge in [0, 0.05) is 124 Å². The summed E-state index contributed by atoms with van der Waals surface area (Å²) in [6.45, 7) is 52.3. The van der Waals surface area contributed by atoms with Crippen LogP contribution in [-0.2, 0) is 58.3 Å². The molecule has 0 bridgehead atoms. The standard InChI is InChI=1S/2C22H31N7O.C21H29N7O.3C15H23ClFN/c2*1-14(25-10-5-11-26-20(23)24)15-6-8-17(9-7-15)29-13-16-12-18(22(2,3)4)27-19(16)28-21(29)30;1-21(2,3)17-11-15-13-28(20(29)27-18(15)26-17)16-7-5-14(6-8-16)12-24-9-4-10-25-19(22)23;3*1-10(18)6-5-7-11-8-12(15(2,3)4)14(17)13(16)9-11/h2*6-9,12-14,25H,5,10-11H2,1-4H3,(H4,23,24,26)(H,27,28,30);5-8,11,13,24H,4,9-10,12H2,1-3H3,(H4,22,23,25)(H,26,27,29);3*8-10H,5-7,18H2,1-4H3/t2*14-;;3*10-/m00.110/s1. The number of nitrogens with zero attached hydrogens (tertiary/aromatic N) is 9. The predicted octanol–water partition coefficient (Wildman–Crippen LogP) is 19.8. The molecule has 24 N–H and O–H groups in total. The summed E-state index contributed by atoms with van der Waals surface area (Å²) >= 11 is 17.9. The van der Waals surface area contributed by atoms with E-state index in [2.05, 4.69) is 155 Å². The topological polar surface area (TPSA) is 459 Å². The minimum atomic E-state index is -0.302. The SMILES string of the molecule is CC(C)(C)c1cc2cn(-c3ccc(CNCCCN=C(N)N)cc3)c(=O)nc2[nH]1.C[C@@H](N)CCCc1cc(Cl)c(F)c(C(C)(C)C)c1.C[C@@H](N)CCCc1cc(Cl)c(F)c(C(C)(C)C)c1.C[C@H](N)CCCc1cc(Cl)c(F)c(C(C)(C)C)c1.C[C@H](NCCCN=C(N)N)c1ccc(-n2cc3cc(C(C)(C)C)[nH]c3nc2=O)cc1.C[C@H](NCCCN=C(N)N)c1ccc(-n2cc3cc(C(C)(C)C)[nH]c3nc2=O)cc1. The Bertz CT molecular complexity index is 5990. The zero-order valence-electron chi connectivity index (χ0n) is 88.4. The highest BCUT2D eigenvalue weighted by Gasteiger charge is 2.27. The van der Waals surface area contributed by atoms with Crippen molar-refractivity contribution < 1.29 is 13.2 Å². The van der Waals surface area contributed by atoms with Gasteiger partial charge in [0.05, 0.1) is 32.1 Å². The number of nitrogens with two attached hydrogens (primary N) is 9. The second-order valence-electron chi connectivity index (χ2n) is 43.4. The van der Waals surface area contributed by atoms with Crippen molar-refractivity contribution in [3.63, 3.8) is 0 Å². The first-order valence-electron chi connectivity index (χ1n) is 49.4. The number of aliphatic imine (C=N–C) groups is 3. The normalized spacial score (nSPS) is 12.9. The summed E-state index contributed by atoms with van der Waals surface area (Å²) in [5.41, 5.74) is 63.5. The average Bonchev–Trinajstić information content (AvgIpc) is 1.66. The molecule has 6 aromatic carbocycles. The fourth-order valence-electron chi connectivity index (χ4n) is 15.4. The molecule has 0 radical (unpaired) electrons. The van der Waals surface area contributed by atoms with Crippen LogP contribution in [0.1, 0.15) is 296 Å². The summed E-state index contributed by atoms with van der Waals surface area (Å²) in [6, 6.07) is 41.9. The van der Waals surface area contributed by atoms with Crippen LogP contribution in [0.15, 0.2) is 175 Å². The lowest BCUT2D eigenvalue weighted by Crippen LogP contribution is -2.24. The fourth-order valence-corrected chi connectivity index (χ4v) is 16.1. The summed E-state index contributed by atoms with van der Waals surface area (Å²) in [7, 11) is 0. The summed E-state index contributed by atoms with van der Waals surface area (Å²) < 4.78 is 46.7. The molecule has 0 saturated heterocycles. The summed E-state index contributed by atoms with van der Waals surface area (Å²) in [5.74, 6) is -0.509. The van der Waals surface area contributed by atoms with E-state index in [1.54, 1.807) is 31.9 Å². The number of halogens is 6. The van der Waals surface area contributed by atoms with E-state index in [4.69, 9.17) is 86.4 Å². The van der Waals surface area contributed by atoms with Gasteiger partial charge in [-0.3, -0.25) is 28.7 Å². The van der Waals surface area contributed by atoms with Crippen LogP contribution in [0, 0.1) is 17.5 Å². The molecular weight excluding hydrogens is 1870 g/mol. The maximum absolute atomic E-state index is 14.0. The molecule has 0 unspecified atom stereocenters. The number of aryl methyl sites for hydroxylation is 3. The third-order valence-corrected chi connectivity index (χ3v) is 24.7. The molecule has 0 fully saturated rings. The van der Waals surface area contributed by atoms with Crippen molar-refractivity contribution in [2.75, 3.05) is 39.3 Å². The molecule has 33 heteroatoms. The maximum atomic E-state index is 14.0. The highest BCUT2D eigenvalue weighted by molar-refractivity contribution is 6.31. The van der Waals surface area contributed by atoms with Crippen LogP contribution < -0.4 is 84.6 Å². The van der Waals surface area contributed by atoms with Gasteiger partial charge < -0.3 is 82.5 Å². The van der Waals surface area contributed by atoms with Gasteiger partial charge in [0.25, 0.3) is 0 Å². The Labute approximate surface area is 858 Å². The molecule has 12 rings (SSSR count). The van der Waals surface area contributed by atoms with Crippen molar-refractivity contribution >= 4 is 85.8 Å². The van der Waals surface area contributed by atoms with Gasteiger partial charge in [-0.25, -0.2) is 27.6 Å². The minimum Gasteiger partial charge on any atom is -0.370 e. The second-order valence-corrected chi connectivity index (χ2v) is 44.6. The number of benzene rings is 6. The van der Waals surface area contributed by atoms with Gasteiger partial charge in [0.15, 0.2) is 17.9 Å². The first-order valence-corrected chi connectivity index (χ1v) is 50.6. The lowest BCUT2D eigenvalue weighted by molar-refractivity contribution is 0.521. The Morgan fingerprint density at radius 3 is 0.867 bits per heavy atom. The number of hydrogen-bond acceptors (Lipinski definition) is 15. The largest absolute Gasteiger partial charge is 0.370 e. The second kappa shape index (κ2) is 53.6. The van der Waals surface area contributed by atoms with E-state index in [0.29, 0.717) is 53.3 Å². The summed E-state index contributed by atoms with van der Waals surface area (Å²) in [4.78, 5) is 71.9. The average molecular weight is 2030 g/mol. The molecule has 5 atom stereocenters. The number of hydrogen-bond donors (Lipinski definition) is 15. The van der Waals surface area contributed by atoms with Crippen molar-refractivity contribution in [3.8, 4) is 17.1 Å². The Morgan fingerprint density at radius 1 is 0.364 bits per heavy atom. The van der Waals surface area contributed by atoms with Gasteiger partial charge in [-0.05, 0) is 270 Å². The first kappa shape index (κ1) is 119. The van der Waals surface area contributed by atoms with Crippen LogP contribution in [0.2, 0.25) is 15.1 Å². The number of aromatic nitrogens is 9. The van der Waals surface area contributed by atoms with E-state index in [1.165, 1.54) is 0 Å². The highest BCUT2D eigenvalue weighted by atomic mass is 35.5. The van der Waals surface area contributed by atoms with Crippen molar-refractivity contribution in [3.05, 3.63) is 277 Å². The van der Waals surface area contributed by atoms with Gasteiger partial charge in [0.2, 0.25) is 0 Å². The van der Waals surface area contributed by atoms with Crippen LogP contribution in [0.25, 0.3) is 50.2 Å². The molecule has 0 saturated carbocycles.